The van der Waals surface area contributed by atoms with E-state index in [0.29, 0.717) is 0 Å². The molecule has 0 spiro atoms. The first-order chi connectivity index (χ1) is 9.19. The summed E-state index contributed by atoms with van der Waals surface area (Å²) in [5, 5.41) is 3.07. The zero-order valence-electron chi connectivity index (χ0n) is 12.7. The SMILES string of the molecule is CCN(CC)CCCNC(=O)C1CCCCCC1N. The highest BCUT2D eigenvalue weighted by Crippen LogP contribution is 2.22. The highest BCUT2D eigenvalue weighted by atomic mass is 16.1. The standard InChI is InChI=1S/C15H31N3O/c1-3-18(4-2)12-8-11-17-15(19)13-9-6-5-7-10-14(13)16/h13-14H,3-12,16H2,1-2H3,(H,17,19). The van der Waals surface area contributed by atoms with Crippen molar-refractivity contribution in [3.05, 3.63) is 0 Å². The van der Waals surface area contributed by atoms with Gasteiger partial charge in [0.1, 0.15) is 0 Å². The zero-order valence-corrected chi connectivity index (χ0v) is 12.7. The molecule has 1 rings (SSSR count). The molecule has 1 saturated carbocycles. The van der Waals surface area contributed by atoms with Gasteiger partial charge in [-0.05, 0) is 38.9 Å². The van der Waals surface area contributed by atoms with Gasteiger partial charge in [0, 0.05) is 12.6 Å². The molecule has 1 aliphatic carbocycles. The average molecular weight is 269 g/mol. The maximum absolute atomic E-state index is 12.1. The zero-order chi connectivity index (χ0) is 14.1. The minimum Gasteiger partial charge on any atom is -0.356 e. The maximum atomic E-state index is 12.1. The van der Waals surface area contributed by atoms with Crippen LogP contribution in [0, 0.1) is 5.92 Å². The van der Waals surface area contributed by atoms with Crippen molar-refractivity contribution in [1.29, 1.82) is 0 Å². The molecule has 19 heavy (non-hydrogen) atoms. The Morgan fingerprint density at radius 2 is 1.89 bits per heavy atom. The summed E-state index contributed by atoms with van der Waals surface area (Å²) in [6.45, 7) is 8.34. The van der Waals surface area contributed by atoms with Gasteiger partial charge >= 0.3 is 0 Å². The molecule has 3 N–H and O–H groups in total. The lowest BCUT2D eigenvalue weighted by Gasteiger charge is -2.21. The van der Waals surface area contributed by atoms with Gasteiger partial charge in [0.2, 0.25) is 5.91 Å². The van der Waals surface area contributed by atoms with E-state index in [1.54, 1.807) is 0 Å². The molecule has 4 nitrogen and oxygen atoms in total. The number of rotatable bonds is 7. The predicted octanol–water partition coefficient (Wildman–Crippen LogP) is 1.74. The second-order valence-corrected chi connectivity index (χ2v) is 5.58. The number of carbonyl (C=O) groups excluding carboxylic acids is 1. The summed E-state index contributed by atoms with van der Waals surface area (Å²) >= 11 is 0. The van der Waals surface area contributed by atoms with Gasteiger partial charge in [0.15, 0.2) is 0 Å². The molecule has 2 unspecified atom stereocenters. The third-order valence-corrected chi connectivity index (χ3v) is 4.25. The third kappa shape index (κ3) is 5.91. The van der Waals surface area contributed by atoms with Crippen LogP contribution in [0.1, 0.15) is 52.4 Å². The third-order valence-electron chi connectivity index (χ3n) is 4.25. The van der Waals surface area contributed by atoms with Gasteiger partial charge in [-0.2, -0.15) is 0 Å². The van der Waals surface area contributed by atoms with Crippen molar-refractivity contribution in [2.24, 2.45) is 11.7 Å². The number of amides is 1. The summed E-state index contributed by atoms with van der Waals surface area (Å²) in [6, 6.07) is 0.0604. The van der Waals surface area contributed by atoms with Crippen molar-refractivity contribution < 1.29 is 4.79 Å². The molecule has 0 heterocycles. The summed E-state index contributed by atoms with van der Waals surface area (Å²) in [7, 11) is 0. The lowest BCUT2D eigenvalue weighted by Crippen LogP contribution is -2.42. The predicted molar refractivity (Wildman–Crippen MR) is 80.0 cm³/mol. The molecular weight excluding hydrogens is 238 g/mol. The highest BCUT2D eigenvalue weighted by molar-refractivity contribution is 5.79. The van der Waals surface area contributed by atoms with E-state index < -0.39 is 0 Å². The molecular formula is C15H31N3O. The number of nitrogens with one attached hydrogen (secondary N) is 1. The highest BCUT2D eigenvalue weighted by Gasteiger charge is 2.26. The molecule has 0 aliphatic heterocycles. The van der Waals surface area contributed by atoms with Crippen molar-refractivity contribution in [2.75, 3.05) is 26.2 Å². The van der Waals surface area contributed by atoms with Gasteiger partial charge in [-0.15, -0.1) is 0 Å². The van der Waals surface area contributed by atoms with Gasteiger partial charge in [0.05, 0.1) is 5.92 Å². The van der Waals surface area contributed by atoms with E-state index in [-0.39, 0.29) is 17.9 Å². The summed E-state index contributed by atoms with van der Waals surface area (Å²) in [6.07, 6.45) is 6.52. The van der Waals surface area contributed by atoms with Crippen molar-refractivity contribution in [3.8, 4) is 0 Å². The molecule has 0 aromatic rings. The van der Waals surface area contributed by atoms with Crippen molar-refractivity contribution in [2.45, 2.75) is 58.4 Å². The minimum atomic E-state index is 0.0379. The number of hydrogen-bond donors (Lipinski definition) is 2. The average Bonchev–Trinajstić information content (AvgIpc) is 2.63. The van der Waals surface area contributed by atoms with Crippen LogP contribution in [0.25, 0.3) is 0 Å². The number of nitrogens with zero attached hydrogens (tertiary/aromatic N) is 1. The lowest BCUT2D eigenvalue weighted by atomic mass is 9.94. The molecule has 0 aromatic heterocycles. The van der Waals surface area contributed by atoms with E-state index in [9.17, 15) is 4.79 Å². The molecule has 1 fully saturated rings. The van der Waals surface area contributed by atoms with Crippen molar-refractivity contribution in [1.82, 2.24) is 10.2 Å². The summed E-state index contributed by atoms with van der Waals surface area (Å²) < 4.78 is 0. The smallest absolute Gasteiger partial charge is 0.224 e. The van der Waals surface area contributed by atoms with E-state index >= 15 is 0 Å². The Morgan fingerprint density at radius 3 is 2.58 bits per heavy atom. The van der Waals surface area contributed by atoms with Crippen LogP contribution in [0.4, 0.5) is 0 Å². The second-order valence-electron chi connectivity index (χ2n) is 5.58. The lowest BCUT2D eigenvalue weighted by molar-refractivity contribution is -0.125. The summed E-state index contributed by atoms with van der Waals surface area (Å²) in [5.74, 6) is 0.213. The van der Waals surface area contributed by atoms with Gasteiger partial charge in [-0.3, -0.25) is 4.79 Å². The number of hydrogen-bond acceptors (Lipinski definition) is 3. The number of nitrogens with two attached hydrogens (primary N) is 1. The molecule has 0 radical (unpaired) electrons. The van der Waals surface area contributed by atoms with Gasteiger partial charge in [-0.25, -0.2) is 0 Å². The van der Waals surface area contributed by atoms with E-state index in [1.807, 2.05) is 0 Å². The first-order valence-electron chi connectivity index (χ1n) is 7.94. The second kappa shape index (κ2) is 9.32. The van der Waals surface area contributed by atoms with E-state index in [0.717, 1.165) is 51.9 Å². The molecule has 112 valence electrons. The molecule has 0 bridgehead atoms. The van der Waals surface area contributed by atoms with E-state index in [4.69, 9.17) is 5.73 Å². The Balaban J connectivity index is 2.22. The minimum absolute atomic E-state index is 0.0379. The molecule has 2 atom stereocenters. The van der Waals surface area contributed by atoms with Crippen molar-refractivity contribution >= 4 is 5.91 Å². The Morgan fingerprint density at radius 1 is 1.21 bits per heavy atom. The summed E-state index contributed by atoms with van der Waals surface area (Å²) in [5.41, 5.74) is 6.11. The first-order valence-corrected chi connectivity index (χ1v) is 7.94. The first kappa shape index (κ1) is 16.4. The molecule has 1 amide bonds. The van der Waals surface area contributed by atoms with Crippen LogP contribution in [-0.4, -0.2) is 43.0 Å². The van der Waals surface area contributed by atoms with Crippen LogP contribution in [0.2, 0.25) is 0 Å². The van der Waals surface area contributed by atoms with Gasteiger partial charge < -0.3 is 16.0 Å². The molecule has 1 aliphatic rings. The van der Waals surface area contributed by atoms with Crippen LogP contribution in [0.5, 0.6) is 0 Å². The van der Waals surface area contributed by atoms with E-state index in [2.05, 4.69) is 24.1 Å². The molecule has 4 heteroatoms. The Bertz CT molecular complexity index is 254. The number of carbonyl (C=O) groups is 1. The Hall–Kier alpha value is -0.610. The largest absolute Gasteiger partial charge is 0.356 e. The fraction of sp³-hybridized carbons (Fsp3) is 0.933. The molecule has 0 aromatic carbocycles. The summed E-state index contributed by atoms with van der Waals surface area (Å²) in [4.78, 5) is 14.5. The fourth-order valence-electron chi connectivity index (χ4n) is 2.85. The van der Waals surface area contributed by atoms with Crippen molar-refractivity contribution in [3.63, 3.8) is 0 Å². The monoisotopic (exact) mass is 269 g/mol. The van der Waals surface area contributed by atoms with Crippen LogP contribution in [-0.2, 0) is 4.79 Å². The van der Waals surface area contributed by atoms with Gasteiger partial charge in [-0.1, -0.05) is 33.1 Å². The maximum Gasteiger partial charge on any atom is 0.224 e. The topological polar surface area (TPSA) is 58.4 Å². The Kier molecular flexibility index (Phi) is 8.07. The quantitative estimate of drug-likeness (QED) is 0.547. The molecule has 0 saturated heterocycles. The van der Waals surface area contributed by atoms with E-state index in [1.165, 1.54) is 12.8 Å². The fourth-order valence-corrected chi connectivity index (χ4v) is 2.85. The van der Waals surface area contributed by atoms with Crippen LogP contribution in [0.15, 0.2) is 0 Å². The van der Waals surface area contributed by atoms with Crippen LogP contribution >= 0.6 is 0 Å². The van der Waals surface area contributed by atoms with Crippen LogP contribution in [0.3, 0.4) is 0 Å². The van der Waals surface area contributed by atoms with Crippen LogP contribution < -0.4 is 11.1 Å². The Labute approximate surface area is 118 Å². The van der Waals surface area contributed by atoms with Gasteiger partial charge in [0.25, 0.3) is 0 Å². The normalized spacial score (nSPS) is 24.2.